The van der Waals surface area contributed by atoms with Crippen LogP contribution in [0.5, 0.6) is 17.4 Å². The number of nitrogens with zero attached hydrogens (tertiary/aromatic N) is 2. The first kappa shape index (κ1) is 22.5. The summed E-state index contributed by atoms with van der Waals surface area (Å²) >= 11 is 0. The van der Waals surface area contributed by atoms with Crippen LogP contribution in [-0.2, 0) is 10.0 Å². The van der Waals surface area contributed by atoms with Crippen LogP contribution >= 0.6 is 0 Å². The predicted octanol–water partition coefficient (Wildman–Crippen LogP) is 4.33. The van der Waals surface area contributed by atoms with Crippen molar-refractivity contribution in [1.29, 1.82) is 0 Å². The van der Waals surface area contributed by atoms with E-state index in [1.54, 1.807) is 30.3 Å². The van der Waals surface area contributed by atoms with Crippen molar-refractivity contribution < 1.29 is 31.4 Å². The number of para-hydroxylation sites is 1. The summed E-state index contributed by atoms with van der Waals surface area (Å²) in [5.74, 6) is -1.70. The molecule has 1 aromatic heterocycles. The highest BCUT2D eigenvalue weighted by Crippen LogP contribution is 2.31. The average Bonchev–Trinajstić information content (AvgIpc) is 3.17. The van der Waals surface area contributed by atoms with Crippen molar-refractivity contribution in [1.82, 2.24) is 9.19 Å². The van der Waals surface area contributed by atoms with E-state index in [1.807, 2.05) is 6.92 Å². The number of ether oxygens (including phenoxy) is 3. The number of hydrogen-bond acceptors (Lipinski definition) is 6. The van der Waals surface area contributed by atoms with Gasteiger partial charge in [0, 0.05) is 0 Å². The lowest BCUT2D eigenvalue weighted by atomic mass is 10.2. The summed E-state index contributed by atoms with van der Waals surface area (Å²) in [5.41, 5.74) is 1.20. The molecule has 0 amide bonds. The molecule has 0 fully saturated rings. The summed E-state index contributed by atoms with van der Waals surface area (Å²) in [4.78, 5) is 0.0678. The van der Waals surface area contributed by atoms with Gasteiger partial charge in [-0.3, -0.25) is 0 Å². The molecule has 0 radical (unpaired) electrons. The Morgan fingerprint density at radius 3 is 2.27 bits per heavy atom. The van der Waals surface area contributed by atoms with E-state index in [1.165, 1.54) is 25.3 Å². The van der Waals surface area contributed by atoms with Crippen LogP contribution in [0.2, 0.25) is 0 Å². The van der Waals surface area contributed by atoms with Gasteiger partial charge in [-0.2, -0.15) is 8.42 Å². The average molecular weight is 474 g/mol. The van der Waals surface area contributed by atoms with E-state index in [4.69, 9.17) is 14.2 Å². The van der Waals surface area contributed by atoms with E-state index in [2.05, 4.69) is 5.10 Å². The first-order valence-corrected chi connectivity index (χ1v) is 11.3. The third-order valence-electron chi connectivity index (χ3n) is 4.86. The molecule has 10 heteroatoms. The predicted molar refractivity (Wildman–Crippen MR) is 117 cm³/mol. The molecule has 0 spiro atoms. The van der Waals surface area contributed by atoms with Crippen molar-refractivity contribution in [3.63, 3.8) is 0 Å². The lowest BCUT2D eigenvalue weighted by Crippen LogP contribution is -2.15. The van der Waals surface area contributed by atoms with Gasteiger partial charge in [0.05, 0.1) is 22.9 Å². The smallest absolute Gasteiger partial charge is 0.283 e. The Bertz CT molecular complexity index is 1380. The van der Waals surface area contributed by atoms with Gasteiger partial charge in [0.2, 0.25) is 5.88 Å². The van der Waals surface area contributed by atoms with Gasteiger partial charge in [-0.1, -0.05) is 23.8 Å². The van der Waals surface area contributed by atoms with Gasteiger partial charge in [-0.25, -0.2) is 8.78 Å². The quantitative estimate of drug-likeness (QED) is 0.354. The zero-order valence-corrected chi connectivity index (χ0v) is 18.6. The number of hydrogen-bond donors (Lipinski definition) is 0. The van der Waals surface area contributed by atoms with Crippen LogP contribution in [0, 0.1) is 18.6 Å². The zero-order chi connectivity index (χ0) is 23.6. The zero-order valence-electron chi connectivity index (χ0n) is 17.8. The van der Waals surface area contributed by atoms with Crippen molar-refractivity contribution in [3.05, 3.63) is 77.9 Å². The molecule has 0 unspecified atom stereocenters. The molecule has 4 rings (SSSR count). The van der Waals surface area contributed by atoms with E-state index >= 15 is 0 Å². The Labute approximate surface area is 189 Å². The highest BCUT2D eigenvalue weighted by atomic mass is 32.2. The van der Waals surface area contributed by atoms with Crippen molar-refractivity contribution in [3.8, 4) is 17.4 Å². The molecule has 1 heterocycles. The highest BCUT2D eigenvalue weighted by Gasteiger charge is 2.24. The number of methoxy groups -OCH3 is 1. The number of aromatic nitrogens is 2. The van der Waals surface area contributed by atoms with Crippen molar-refractivity contribution in [2.24, 2.45) is 0 Å². The number of rotatable bonds is 8. The fourth-order valence-electron chi connectivity index (χ4n) is 3.17. The normalized spacial score (nSPS) is 11.5. The SMILES string of the molecule is COc1ccc2c(c1)c(OCCOc1c(F)cccc1F)nn2S(=O)(=O)c1ccc(C)cc1. The Kier molecular flexibility index (Phi) is 6.19. The van der Waals surface area contributed by atoms with Crippen LogP contribution in [0.15, 0.2) is 65.6 Å². The standard InChI is InChI=1S/C23H20F2N2O5S/c1-15-6-9-17(10-7-15)33(28,29)27-21-11-8-16(30-2)14-18(21)23(26-27)32-13-12-31-22-19(24)4-3-5-20(22)25/h3-11,14H,12-13H2,1-2H3. The number of benzene rings is 3. The summed E-state index contributed by atoms with van der Waals surface area (Å²) in [6.45, 7) is 1.52. The molecular weight excluding hydrogens is 454 g/mol. The maximum atomic E-state index is 13.7. The Hall–Kier alpha value is -3.66. The van der Waals surface area contributed by atoms with Crippen LogP contribution in [-0.4, -0.2) is 37.9 Å². The minimum absolute atomic E-state index is 0.0113. The molecule has 0 saturated heterocycles. The number of halogens is 2. The van der Waals surface area contributed by atoms with Gasteiger partial charge < -0.3 is 14.2 Å². The van der Waals surface area contributed by atoms with Crippen LogP contribution in [0.1, 0.15) is 5.56 Å². The second-order valence-electron chi connectivity index (χ2n) is 7.10. The van der Waals surface area contributed by atoms with Gasteiger partial charge in [-0.15, -0.1) is 9.19 Å². The van der Waals surface area contributed by atoms with Crippen LogP contribution in [0.3, 0.4) is 0 Å². The van der Waals surface area contributed by atoms with Crippen molar-refractivity contribution >= 4 is 20.9 Å². The molecule has 0 bridgehead atoms. The molecular formula is C23H20F2N2O5S. The summed E-state index contributed by atoms with van der Waals surface area (Å²) in [5, 5.41) is 4.55. The second-order valence-corrected chi connectivity index (χ2v) is 8.86. The number of fused-ring (bicyclic) bond motifs is 1. The van der Waals surface area contributed by atoms with Crippen LogP contribution in [0.4, 0.5) is 8.78 Å². The van der Waals surface area contributed by atoms with Gasteiger partial charge >= 0.3 is 0 Å². The maximum Gasteiger partial charge on any atom is 0.283 e. The summed E-state index contributed by atoms with van der Waals surface area (Å²) in [6.07, 6.45) is 0. The summed E-state index contributed by atoms with van der Waals surface area (Å²) in [7, 11) is -2.53. The minimum Gasteiger partial charge on any atom is -0.497 e. The topological polar surface area (TPSA) is 79.7 Å². The lowest BCUT2D eigenvalue weighted by Gasteiger charge is -2.08. The molecule has 0 saturated carbocycles. The molecule has 0 aliphatic heterocycles. The minimum atomic E-state index is -4.01. The van der Waals surface area contributed by atoms with Crippen molar-refractivity contribution in [2.75, 3.05) is 20.3 Å². The van der Waals surface area contributed by atoms with E-state index in [-0.39, 0.29) is 29.5 Å². The van der Waals surface area contributed by atoms with E-state index in [0.29, 0.717) is 11.1 Å². The molecule has 7 nitrogen and oxygen atoms in total. The molecule has 0 aliphatic rings. The van der Waals surface area contributed by atoms with Gasteiger partial charge in [0.1, 0.15) is 19.0 Å². The van der Waals surface area contributed by atoms with Gasteiger partial charge in [0.25, 0.3) is 10.0 Å². The van der Waals surface area contributed by atoms with E-state index in [9.17, 15) is 17.2 Å². The fourth-order valence-corrected chi connectivity index (χ4v) is 4.45. The third-order valence-corrected chi connectivity index (χ3v) is 6.46. The van der Waals surface area contributed by atoms with Crippen LogP contribution < -0.4 is 14.2 Å². The van der Waals surface area contributed by atoms with E-state index < -0.39 is 27.4 Å². The molecule has 0 N–H and O–H groups in total. The molecule has 0 aliphatic carbocycles. The van der Waals surface area contributed by atoms with Crippen LogP contribution in [0.25, 0.3) is 10.9 Å². The highest BCUT2D eigenvalue weighted by molar-refractivity contribution is 7.90. The monoisotopic (exact) mass is 474 g/mol. The van der Waals surface area contributed by atoms with E-state index in [0.717, 1.165) is 21.8 Å². The van der Waals surface area contributed by atoms with Crippen molar-refractivity contribution in [2.45, 2.75) is 11.8 Å². The van der Waals surface area contributed by atoms with Gasteiger partial charge in [-0.05, 0) is 49.4 Å². The summed E-state index contributed by atoms with van der Waals surface area (Å²) < 4.78 is 70.8. The Morgan fingerprint density at radius 1 is 0.939 bits per heavy atom. The fraction of sp³-hybridized carbons (Fsp3) is 0.174. The third kappa shape index (κ3) is 4.47. The van der Waals surface area contributed by atoms with Gasteiger partial charge in [0.15, 0.2) is 17.4 Å². The first-order chi connectivity index (χ1) is 15.8. The molecule has 3 aromatic carbocycles. The Balaban J connectivity index is 1.63. The first-order valence-electron chi connectivity index (χ1n) is 9.90. The largest absolute Gasteiger partial charge is 0.497 e. The second kappa shape index (κ2) is 9.07. The molecule has 4 aromatic rings. The molecule has 33 heavy (non-hydrogen) atoms. The number of aryl methyl sites for hydroxylation is 1. The Morgan fingerprint density at radius 2 is 1.61 bits per heavy atom. The molecule has 172 valence electrons. The lowest BCUT2D eigenvalue weighted by molar-refractivity contribution is 0.201. The maximum absolute atomic E-state index is 13.7. The summed E-state index contributed by atoms with van der Waals surface area (Å²) in [6, 6.07) is 14.5. The molecule has 0 atom stereocenters.